The standard InChI is InChI=1S/C16H27NO/c1-15(2,3)13-9-7-8-10-14(13)17-11-12-18-16(4,5)6/h7-10,17H,11-12H2,1-6H3. The molecule has 1 N–H and O–H groups in total. The first-order valence-corrected chi connectivity index (χ1v) is 6.67. The Balaban J connectivity index is 2.58. The zero-order valence-electron chi connectivity index (χ0n) is 12.6. The smallest absolute Gasteiger partial charge is 0.0646 e. The Morgan fingerprint density at radius 2 is 1.61 bits per heavy atom. The summed E-state index contributed by atoms with van der Waals surface area (Å²) >= 11 is 0. The molecule has 0 fully saturated rings. The Kier molecular flexibility index (Phi) is 4.80. The van der Waals surface area contributed by atoms with E-state index in [1.54, 1.807) is 0 Å². The summed E-state index contributed by atoms with van der Waals surface area (Å²) in [6.07, 6.45) is 0. The van der Waals surface area contributed by atoms with Crippen molar-refractivity contribution in [1.82, 2.24) is 0 Å². The lowest BCUT2D eigenvalue weighted by Crippen LogP contribution is -2.24. The molecule has 0 unspecified atom stereocenters. The Morgan fingerprint density at radius 3 is 2.17 bits per heavy atom. The highest BCUT2D eigenvalue weighted by molar-refractivity contribution is 5.54. The Labute approximate surface area is 112 Å². The molecule has 0 bridgehead atoms. The molecule has 1 aromatic carbocycles. The highest BCUT2D eigenvalue weighted by atomic mass is 16.5. The molecule has 0 amide bonds. The van der Waals surface area contributed by atoms with Crippen LogP contribution in [0.2, 0.25) is 0 Å². The van der Waals surface area contributed by atoms with Gasteiger partial charge in [-0.3, -0.25) is 0 Å². The maximum atomic E-state index is 5.71. The first-order chi connectivity index (χ1) is 8.20. The second kappa shape index (κ2) is 5.75. The lowest BCUT2D eigenvalue weighted by molar-refractivity contribution is 0.00332. The van der Waals surface area contributed by atoms with Crippen molar-refractivity contribution >= 4 is 5.69 Å². The number of para-hydroxylation sites is 1. The van der Waals surface area contributed by atoms with E-state index in [0.717, 1.165) is 13.2 Å². The highest BCUT2D eigenvalue weighted by Gasteiger charge is 2.17. The number of anilines is 1. The van der Waals surface area contributed by atoms with E-state index in [-0.39, 0.29) is 11.0 Å². The summed E-state index contributed by atoms with van der Waals surface area (Å²) in [6.45, 7) is 14.5. The van der Waals surface area contributed by atoms with Crippen LogP contribution < -0.4 is 5.32 Å². The third kappa shape index (κ3) is 5.09. The van der Waals surface area contributed by atoms with Crippen LogP contribution in [-0.2, 0) is 10.2 Å². The van der Waals surface area contributed by atoms with E-state index in [1.807, 2.05) is 0 Å². The summed E-state index contributed by atoms with van der Waals surface area (Å²) < 4.78 is 5.71. The molecule has 18 heavy (non-hydrogen) atoms. The molecule has 0 aliphatic rings. The van der Waals surface area contributed by atoms with Crippen LogP contribution >= 0.6 is 0 Å². The Morgan fingerprint density at radius 1 is 1.00 bits per heavy atom. The SMILES string of the molecule is CC(C)(C)OCCNc1ccccc1C(C)(C)C. The van der Waals surface area contributed by atoms with Crippen molar-refractivity contribution in [1.29, 1.82) is 0 Å². The fourth-order valence-corrected chi connectivity index (χ4v) is 1.83. The predicted octanol–water partition coefficient (Wildman–Crippen LogP) is 4.21. The summed E-state index contributed by atoms with van der Waals surface area (Å²) in [7, 11) is 0. The molecule has 2 heteroatoms. The van der Waals surface area contributed by atoms with Crippen molar-refractivity contribution in [2.75, 3.05) is 18.5 Å². The van der Waals surface area contributed by atoms with Crippen LogP contribution in [0.25, 0.3) is 0 Å². The molecule has 1 rings (SSSR count). The van der Waals surface area contributed by atoms with Crippen molar-refractivity contribution in [2.45, 2.75) is 52.6 Å². The van der Waals surface area contributed by atoms with Crippen LogP contribution in [0.3, 0.4) is 0 Å². The van der Waals surface area contributed by atoms with E-state index in [9.17, 15) is 0 Å². The third-order valence-electron chi connectivity index (χ3n) is 2.69. The molecule has 0 saturated carbocycles. The monoisotopic (exact) mass is 249 g/mol. The van der Waals surface area contributed by atoms with Gasteiger partial charge in [0.2, 0.25) is 0 Å². The average molecular weight is 249 g/mol. The summed E-state index contributed by atoms with van der Waals surface area (Å²) in [4.78, 5) is 0. The topological polar surface area (TPSA) is 21.3 Å². The number of nitrogens with one attached hydrogen (secondary N) is 1. The van der Waals surface area contributed by atoms with Crippen LogP contribution in [-0.4, -0.2) is 18.8 Å². The van der Waals surface area contributed by atoms with Gasteiger partial charge in [0.15, 0.2) is 0 Å². The van der Waals surface area contributed by atoms with Crippen LogP contribution in [0.15, 0.2) is 24.3 Å². The van der Waals surface area contributed by atoms with Crippen molar-refractivity contribution in [3.63, 3.8) is 0 Å². The van der Waals surface area contributed by atoms with E-state index in [1.165, 1.54) is 11.3 Å². The minimum atomic E-state index is -0.0643. The molecular weight excluding hydrogens is 222 g/mol. The number of hydrogen-bond donors (Lipinski definition) is 1. The molecule has 2 nitrogen and oxygen atoms in total. The summed E-state index contributed by atoms with van der Waals surface area (Å²) in [5.41, 5.74) is 2.66. The first-order valence-electron chi connectivity index (χ1n) is 6.67. The second-order valence-corrected chi connectivity index (χ2v) is 6.68. The van der Waals surface area contributed by atoms with Crippen LogP contribution in [0.4, 0.5) is 5.69 Å². The Hall–Kier alpha value is -1.02. The Bertz CT molecular complexity index is 371. The highest BCUT2D eigenvalue weighted by Crippen LogP contribution is 2.28. The van der Waals surface area contributed by atoms with E-state index in [4.69, 9.17) is 4.74 Å². The predicted molar refractivity (Wildman–Crippen MR) is 79.3 cm³/mol. The van der Waals surface area contributed by atoms with E-state index in [2.05, 4.69) is 71.1 Å². The second-order valence-electron chi connectivity index (χ2n) is 6.68. The van der Waals surface area contributed by atoms with Crippen LogP contribution in [0, 0.1) is 0 Å². The van der Waals surface area contributed by atoms with Gasteiger partial charge < -0.3 is 10.1 Å². The average Bonchev–Trinajstić information content (AvgIpc) is 2.22. The summed E-state index contributed by atoms with van der Waals surface area (Å²) in [6, 6.07) is 8.49. The van der Waals surface area contributed by atoms with Crippen molar-refractivity contribution in [3.05, 3.63) is 29.8 Å². The van der Waals surface area contributed by atoms with Gasteiger partial charge in [-0.25, -0.2) is 0 Å². The molecule has 0 aromatic heterocycles. The molecule has 0 saturated heterocycles. The lowest BCUT2D eigenvalue weighted by atomic mass is 9.86. The normalized spacial score (nSPS) is 12.6. The van der Waals surface area contributed by atoms with Crippen LogP contribution in [0.1, 0.15) is 47.1 Å². The van der Waals surface area contributed by atoms with E-state index in [0.29, 0.717) is 0 Å². The molecular formula is C16H27NO. The maximum absolute atomic E-state index is 5.71. The van der Waals surface area contributed by atoms with Crippen molar-refractivity contribution in [2.24, 2.45) is 0 Å². The number of rotatable bonds is 4. The molecule has 102 valence electrons. The molecule has 1 aromatic rings. The number of benzene rings is 1. The largest absolute Gasteiger partial charge is 0.382 e. The molecule has 0 spiro atoms. The van der Waals surface area contributed by atoms with Gasteiger partial charge >= 0.3 is 0 Å². The third-order valence-corrected chi connectivity index (χ3v) is 2.69. The van der Waals surface area contributed by atoms with Crippen molar-refractivity contribution in [3.8, 4) is 0 Å². The maximum Gasteiger partial charge on any atom is 0.0646 e. The summed E-state index contributed by atoms with van der Waals surface area (Å²) in [5.74, 6) is 0. The zero-order chi connectivity index (χ0) is 13.8. The van der Waals surface area contributed by atoms with E-state index >= 15 is 0 Å². The molecule has 0 aliphatic carbocycles. The molecule has 0 aliphatic heterocycles. The molecule has 0 heterocycles. The van der Waals surface area contributed by atoms with Gasteiger partial charge in [-0.1, -0.05) is 39.0 Å². The van der Waals surface area contributed by atoms with Gasteiger partial charge in [-0.2, -0.15) is 0 Å². The van der Waals surface area contributed by atoms with Gasteiger partial charge in [-0.05, 0) is 37.8 Å². The minimum absolute atomic E-state index is 0.0643. The van der Waals surface area contributed by atoms with Crippen molar-refractivity contribution < 1.29 is 4.74 Å². The molecule has 0 radical (unpaired) electrons. The fourth-order valence-electron chi connectivity index (χ4n) is 1.83. The number of hydrogen-bond acceptors (Lipinski definition) is 2. The number of ether oxygens (including phenoxy) is 1. The van der Waals surface area contributed by atoms with Gasteiger partial charge in [-0.15, -0.1) is 0 Å². The van der Waals surface area contributed by atoms with E-state index < -0.39 is 0 Å². The fraction of sp³-hybridized carbons (Fsp3) is 0.625. The first kappa shape index (κ1) is 15.0. The van der Waals surface area contributed by atoms with Gasteiger partial charge in [0.1, 0.15) is 0 Å². The van der Waals surface area contributed by atoms with Crippen LogP contribution in [0.5, 0.6) is 0 Å². The summed E-state index contributed by atoms with van der Waals surface area (Å²) in [5, 5.41) is 3.47. The quantitative estimate of drug-likeness (QED) is 0.807. The van der Waals surface area contributed by atoms with Gasteiger partial charge in [0, 0.05) is 12.2 Å². The zero-order valence-corrected chi connectivity index (χ0v) is 12.6. The lowest BCUT2D eigenvalue weighted by Gasteiger charge is -2.24. The minimum Gasteiger partial charge on any atom is -0.382 e. The van der Waals surface area contributed by atoms with Gasteiger partial charge in [0.25, 0.3) is 0 Å². The molecule has 0 atom stereocenters. The van der Waals surface area contributed by atoms with Gasteiger partial charge in [0.05, 0.1) is 12.2 Å².